The van der Waals surface area contributed by atoms with Crippen molar-refractivity contribution in [2.45, 2.75) is 26.3 Å². The van der Waals surface area contributed by atoms with Crippen molar-refractivity contribution in [2.24, 2.45) is 11.7 Å². The number of benzene rings is 1. The molecule has 2 N–H and O–H groups in total. The van der Waals surface area contributed by atoms with Crippen molar-refractivity contribution in [1.29, 1.82) is 0 Å². The molecule has 1 aromatic carbocycles. The molecular weight excluding hydrogens is 266 g/mol. The number of nitrogens with zero attached hydrogens (tertiary/aromatic N) is 2. The summed E-state index contributed by atoms with van der Waals surface area (Å²) in [7, 11) is 0. The third-order valence-corrected chi connectivity index (χ3v) is 3.58. The number of rotatable bonds is 4. The average molecular weight is 287 g/mol. The smallest absolute Gasteiger partial charge is 0.163 e. The summed E-state index contributed by atoms with van der Waals surface area (Å²) >= 11 is 0. The topological polar surface area (TPSA) is 62.3 Å². The Morgan fingerprint density at radius 2 is 2.00 bits per heavy atom. The predicted octanol–water partition coefficient (Wildman–Crippen LogP) is 2.69. The summed E-state index contributed by atoms with van der Waals surface area (Å²) in [5, 5.41) is 0. The van der Waals surface area contributed by atoms with Gasteiger partial charge in [0.15, 0.2) is 11.5 Å². The van der Waals surface area contributed by atoms with Gasteiger partial charge in [-0.2, -0.15) is 0 Å². The largest absolute Gasteiger partial charge is 0.486 e. The molecule has 0 bridgehead atoms. The second kappa shape index (κ2) is 5.77. The van der Waals surface area contributed by atoms with E-state index in [9.17, 15) is 0 Å². The highest BCUT2D eigenvalue weighted by molar-refractivity contribution is 5.50. The minimum absolute atomic E-state index is 0.0271. The molecule has 1 aliphatic heterocycles. The molecule has 0 fully saturated rings. The quantitative estimate of drug-likeness (QED) is 0.939. The average Bonchev–Trinajstić information content (AvgIpc) is 2.95. The predicted molar refractivity (Wildman–Crippen MR) is 80.9 cm³/mol. The van der Waals surface area contributed by atoms with Crippen LogP contribution in [0.25, 0.3) is 5.69 Å². The van der Waals surface area contributed by atoms with E-state index in [1.54, 1.807) is 6.33 Å². The van der Waals surface area contributed by atoms with Gasteiger partial charge in [0.1, 0.15) is 13.2 Å². The van der Waals surface area contributed by atoms with Gasteiger partial charge in [-0.25, -0.2) is 4.98 Å². The molecule has 0 radical (unpaired) electrons. The van der Waals surface area contributed by atoms with Crippen LogP contribution in [0.5, 0.6) is 11.5 Å². The molecule has 5 nitrogen and oxygen atoms in total. The lowest BCUT2D eigenvalue weighted by atomic mass is 10.0. The van der Waals surface area contributed by atoms with E-state index < -0.39 is 0 Å². The maximum atomic E-state index is 6.30. The lowest BCUT2D eigenvalue weighted by Crippen LogP contribution is -2.17. The van der Waals surface area contributed by atoms with Crippen molar-refractivity contribution < 1.29 is 9.47 Å². The molecule has 1 aliphatic rings. The van der Waals surface area contributed by atoms with Gasteiger partial charge >= 0.3 is 0 Å². The van der Waals surface area contributed by atoms with E-state index in [-0.39, 0.29) is 6.04 Å². The van der Waals surface area contributed by atoms with Gasteiger partial charge in [0.05, 0.1) is 23.9 Å². The third kappa shape index (κ3) is 2.88. The zero-order valence-corrected chi connectivity index (χ0v) is 12.5. The first-order valence-electron chi connectivity index (χ1n) is 7.33. The summed E-state index contributed by atoms with van der Waals surface area (Å²) in [4.78, 5) is 4.25. The highest BCUT2D eigenvalue weighted by atomic mass is 16.6. The highest BCUT2D eigenvalue weighted by Crippen LogP contribution is 2.33. The number of aromatic nitrogens is 2. The van der Waals surface area contributed by atoms with E-state index in [0.717, 1.165) is 29.3 Å². The fourth-order valence-corrected chi connectivity index (χ4v) is 2.61. The SMILES string of the molecule is CC(C)CC(N)c1cncn1-c1ccc2c(c1)OCCO2. The molecule has 21 heavy (non-hydrogen) atoms. The second-order valence-electron chi connectivity index (χ2n) is 5.75. The molecule has 5 heteroatoms. The van der Waals surface area contributed by atoms with E-state index in [2.05, 4.69) is 18.8 Å². The van der Waals surface area contributed by atoms with Crippen LogP contribution in [0.4, 0.5) is 0 Å². The summed E-state index contributed by atoms with van der Waals surface area (Å²) < 4.78 is 13.2. The molecular formula is C16H21N3O2. The van der Waals surface area contributed by atoms with Crippen LogP contribution in [-0.2, 0) is 0 Å². The summed E-state index contributed by atoms with van der Waals surface area (Å²) in [6, 6.07) is 5.88. The fraction of sp³-hybridized carbons (Fsp3) is 0.438. The Morgan fingerprint density at radius 3 is 2.76 bits per heavy atom. The Kier molecular flexibility index (Phi) is 3.84. The van der Waals surface area contributed by atoms with Crippen LogP contribution in [0.2, 0.25) is 0 Å². The van der Waals surface area contributed by atoms with E-state index in [1.807, 2.05) is 29.0 Å². The Labute approximate surface area is 124 Å². The minimum Gasteiger partial charge on any atom is -0.486 e. The number of nitrogens with two attached hydrogens (primary N) is 1. The van der Waals surface area contributed by atoms with E-state index in [4.69, 9.17) is 15.2 Å². The molecule has 2 heterocycles. The van der Waals surface area contributed by atoms with Crippen LogP contribution in [0.3, 0.4) is 0 Å². The van der Waals surface area contributed by atoms with Gasteiger partial charge in [0, 0.05) is 12.1 Å². The van der Waals surface area contributed by atoms with Gasteiger partial charge in [-0.3, -0.25) is 0 Å². The van der Waals surface area contributed by atoms with Crippen molar-refractivity contribution in [3.63, 3.8) is 0 Å². The minimum atomic E-state index is -0.0271. The first-order chi connectivity index (χ1) is 10.1. The van der Waals surface area contributed by atoms with Gasteiger partial charge < -0.3 is 19.8 Å². The summed E-state index contributed by atoms with van der Waals surface area (Å²) in [6.45, 7) is 5.53. The molecule has 2 aromatic rings. The van der Waals surface area contributed by atoms with Crippen molar-refractivity contribution >= 4 is 0 Å². The molecule has 0 saturated carbocycles. The zero-order valence-electron chi connectivity index (χ0n) is 12.5. The number of hydrogen-bond donors (Lipinski definition) is 1. The Morgan fingerprint density at radius 1 is 1.24 bits per heavy atom. The van der Waals surface area contributed by atoms with Crippen LogP contribution < -0.4 is 15.2 Å². The highest BCUT2D eigenvalue weighted by Gasteiger charge is 2.17. The maximum Gasteiger partial charge on any atom is 0.163 e. The zero-order chi connectivity index (χ0) is 14.8. The molecule has 0 aliphatic carbocycles. The Hall–Kier alpha value is -2.01. The van der Waals surface area contributed by atoms with Crippen LogP contribution in [0.15, 0.2) is 30.7 Å². The van der Waals surface area contributed by atoms with Crippen LogP contribution in [-0.4, -0.2) is 22.8 Å². The first-order valence-corrected chi connectivity index (χ1v) is 7.33. The van der Waals surface area contributed by atoms with E-state index in [0.29, 0.717) is 19.1 Å². The summed E-state index contributed by atoms with van der Waals surface area (Å²) in [5.41, 5.74) is 8.31. The maximum absolute atomic E-state index is 6.30. The molecule has 0 spiro atoms. The van der Waals surface area contributed by atoms with Gasteiger partial charge in [-0.05, 0) is 24.5 Å². The summed E-state index contributed by atoms with van der Waals surface area (Å²) in [6.07, 6.45) is 4.56. The number of ether oxygens (including phenoxy) is 2. The summed E-state index contributed by atoms with van der Waals surface area (Å²) in [5.74, 6) is 2.11. The van der Waals surface area contributed by atoms with E-state index in [1.165, 1.54) is 0 Å². The van der Waals surface area contributed by atoms with Crippen LogP contribution in [0.1, 0.15) is 32.0 Å². The standard InChI is InChI=1S/C16H21N3O2/c1-11(2)7-13(17)14-9-18-10-19(14)12-3-4-15-16(8-12)21-6-5-20-15/h3-4,8-11,13H,5-7,17H2,1-2H3. The molecule has 1 unspecified atom stereocenters. The third-order valence-electron chi connectivity index (χ3n) is 3.58. The Balaban J connectivity index is 1.92. The van der Waals surface area contributed by atoms with Gasteiger partial charge in [0.25, 0.3) is 0 Å². The number of hydrogen-bond acceptors (Lipinski definition) is 4. The molecule has 3 rings (SSSR count). The van der Waals surface area contributed by atoms with Gasteiger partial charge in [-0.15, -0.1) is 0 Å². The van der Waals surface area contributed by atoms with Gasteiger partial charge in [0.2, 0.25) is 0 Å². The Bertz CT molecular complexity index is 622. The fourth-order valence-electron chi connectivity index (χ4n) is 2.61. The lowest BCUT2D eigenvalue weighted by Gasteiger charge is -2.20. The van der Waals surface area contributed by atoms with Crippen molar-refractivity contribution in [1.82, 2.24) is 9.55 Å². The normalized spacial score (nSPS) is 15.2. The van der Waals surface area contributed by atoms with Crippen molar-refractivity contribution in [3.8, 4) is 17.2 Å². The second-order valence-corrected chi connectivity index (χ2v) is 5.75. The van der Waals surface area contributed by atoms with Crippen LogP contribution in [0, 0.1) is 5.92 Å². The molecule has 0 amide bonds. The molecule has 1 atom stereocenters. The van der Waals surface area contributed by atoms with Crippen molar-refractivity contribution in [2.75, 3.05) is 13.2 Å². The van der Waals surface area contributed by atoms with Crippen LogP contribution >= 0.6 is 0 Å². The van der Waals surface area contributed by atoms with Crippen molar-refractivity contribution in [3.05, 3.63) is 36.4 Å². The lowest BCUT2D eigenvalue weighted by molar-refractivity contribution is 0.171. The van der Waals surface area contributed by atoms with E-state index >= 15 is 0 Å². The molecule has 112 valence electrons. The number of fused-ring (bicyclic) bond motifs is 1. The monoisotopic (exact) mass is 287 g/mol. The number of imidazole rings is 1. The molecule has 0 saturated heterocycles. The van der Waals surface area contributed by atoms with Gasteiger partial charge in [-0.1, -0.05) is 13.8 Å². The molecule has 1 aromatic heterocycles. The first kappa shape index (κ1) is 13.9.